The summed E-state index contributed by atoms with van der Waals surface area (Å²) in [7, 11) is 1.58. The van der Waals surface area contributed by atoms with Crippen molar-refractivity contribution in [3.8, 4) is 5.75 Å². The second kappa shape index (κ2) is 10.6. The summed E-state index contributed by atoms with van der Waals surface area (Å²) in [5, 5.41) is 3.77. The number of nitrogens with one attached hydrogen (secondary N) is 1. The number of hydrogen-bond donors (Lipinski definition) is 1. The lowest BCUT2D eigenvalue weighted by molar-refractivity contribution is -0.119. The number of amides is 1. The molecule has 5 rings (SSSR count). The molecule has 2 aromatic rings. The molecule has 0 atom stereocenters. The van der Waals surface area contributed by atoms with Gasteiger partial charge in [-0.1, -0.05) is 12.1 Å². The first-order valence-corrected chi connectivity index (χ1v) is 13.0. The topological polar surface area (TPSA) is 77.1 Å². The first-order chi connectivity index (χ1) is 16.6. The van der Waals surface area contributed by atoms with Crippen molar-refractivity contribution in [2.24, 2.45) is 5.92 Å². The van der Waals surface area contributed by atoms with Crippen LogP contribution >= 0.6 is 11.3 Å². The maximum atomic E-state index is 13.7. The molecule has 3 aliphatic rings. The minimum atomic E-state index is -0.0861. The molecule has 2 aliphatic heterocycles. The van der Waals surface area contributed by atoms with E-state index >= 15 is 0 Å². The molecule has 0 radical (unpaired) electrons. The zero-order chi connectivity index (χ0) is 23.5. The van der Waals surface area contributed by atoms with Crippen molar-refractivity contribution >= 4 is 28.0 Å². The van der Waals surface area contributed by atoms with Crippen molar-refractivity contribution in [2.45, 2.75) is 44.8 Å². The van der Waals surface area contributed by atoms with Gasteiger partial charge in [-0.05, 0) is 69.3 Å². The summed E-state index contributed by atoms with van der Waals surface area (Å²) in [6, 6.07) is 7.30. The van der Waals surface area contributed by atoms with Gasteiger partial charge in [0.2, 0.25) is 5.91 Å². The molecule has 8 heteroatoms. The molecule has 0 spiro atoms. The summed E-state index contributed by atoms with van der Waals surface area (Å²) in [5.41, 5.74) is 2.27. The highest BCUT2D eigenvalue weighted by atomic mass is 32.1. The number of carbonyl (C=O) groups is 2. The Kier molecular flexibility index (Phi) is 7.29. The molecule has 2 fully saturated rings. The van der Waals surface area contributed by atoms with Crippen LogP contribution in [0.1, 0.15) is 52.0 Å². The van der Waals surface area contributed by atoms with Gasteiger partial charge in [0.15, 0.2) is 12.1 Å². The molecule has 3 heterocycles. The number of benzene rings is 1. The minimum Gasteiger partial charge on any atom is -0.496 e. The van der Waals surface area contributed by atoms with Crippen LogP contribution in [0.4, 0.5) is 5.00 Å². The van der Waals surface area contributed by atoms with Crippen LogP contribution in [-0.2, 0) is 27.1 Å². The molecule has 0 saturated carbocycles. The van der Waals surface area contributed by atoms with Crippen molar-refractivity contribution in [2.75, 3.05) is 45.3 Å². The molecule has 182 valence electrons. The normalized spacial score (nSPS) is 19.7. The van der Waals surface area contributed by atoms with Crippen LogP contribution in [0.2, 0.25) is 0 Å². The van der Waals surface area contributed by atoms with E-state index in [4.69, 9.17) is 14.2 Å². The molecule has 2 saturated heterocycles. The fourth-order valence-electron chi connectivity index (χ4n) is 5.26. The summed E-state index contributed by atoms with van der Waals surface area (Å²) >= 11 is 1.56. The summed E-state index contributed by atoms with van der Waals surface area (Å²) in [5.74, 6) is 0.804. The number of aryl methyl sites for hydroxylation is 1. The number of anilines is 1. The predicted octanol–water partition coefficient (Wildman–Crippen LogP) is 3.89. The number of nitrogens with zero attached hydrogens (tertiary/aromatic N) is 1. The molecule has 7 nitrogen and oxygen atoms in total. The van der Waals surface area contributed by atoms with E-state index in [1.165, 1.54) is 4.88 Å². The smallest absolute Gasteiger partial charge is 0.239 e. The molecule has 1 aromatic carbocycles. The van der Waals surface area contributed by atoms with Crippen molar-refractivity contribution in [1.82, 2.24) is 4.90 Å². The van der Waals surface area contributed by atoms with E-state index in [0.717, 1.165) is 57.2 Å². The molecular weight excluding hydrogens is 452 g/mol. The van der Waals surface area contributed by atoms with Crippen molar-refractivity contribution in [3.05, 3.63) is 45.8 Å². The Balaban J connectivity index is 1.29. The molecule has 0 bridgehead atoms. The van der Waals surface area contributed by atoms with Gasteiger partial charge in [0.25, 0.3) is 0 Å². The second-order valence-corrected chi connectivity index (χ2v) is 10.3. The molecular formula is C26H32N2O5S. The zero-order valence-electron chi connectivity index (χ0n) is 19.6. The highest BCUT2D eigenvalue weighted by Crippen LogP contribution is 2.40. The molecule has 1 amide bonds. The Bertz CT molecular complexity index is 1040. The highest BCUT2D eigenvalue weighted by molar-refractivity contribution is 7.17. The number of ether oxygens (including phenoxy) is 3. The number of hydrogen-bond acceptors (Lipinski definition) is 7. The lowest BCUT2D eigenvalue weighted by Gasteiger charge is -2.33. The highest BCUT2D eigenvalue weighted by Gasteiger charge is 2.32. The average molecular weight is 485 g/mol. The van der Waals surface area contributed by atoms with Gasteiger partial charge in [-0.3, -0.25) is 14.5 Å². The number of fused-ring (bicyclic) bond motifs is 1. The monoisotopic (exact) mass is 484 g/mol. The Morgan fingerprint density at radius 1 is 1.12 bits per heavy atom. The van der Waals surface area contributed by atoms with E-state index in [0.29, 0.717) is 47.6 Å². The van der Waals surface area contributed by atoms with E-state index in [1.807, 2.05) is 12.1 Å². The average Bonchev–Trinajstić information content (AvgIpc) is 3.52. The van der Waals surface area contributed by atoms with Crippen molar-refractivity contribution in [1.29, 1.82) is 0 Å². The lowest BCUT2D eigenvalue weighted by Crippen LogP contribution is -2.41. The Hall–Kier alpha value is -2.26. The largest absolute Gasteiger partial charge is 0.496 e. The van der Waals surface area contributed by atoms with E-state index in [-0.39, 0.29) is 18.0 Å². The van der Waals surface area contributed by atoms with Gasteiger partial charge in [-0.15, -0.1) is 11.3 Å². The van der Waals surface area contributed by atoms with E-state index in [2.05, 4.69) is 10.2 Å². The number of ketones is 1. The van der Waals surface area contributed by atoms with Gasteiger partial charge in [-0.2, -0.15) is 0 Å². The first kappa shape index (κ1) is 23.5. The maximum absolute atomic E-state index is 13.7. The van der Waals surface area contributed by atoms with Gasteiger partial charge in [0, 0.05) is 10.8 Å². The van der Waals surface area contributed by atoms with Crippen LogP contribution in [0.5, 0.6) is 5.75 Å². The summed E-state index contributed by atoms with van der Waals surface area (Å²) < 4.78 is 16.8. The summed E-state index contributed by atoms with van der Waals surface area (Å²) in [4.78, 5) is 30.1. The van der Waals surface area contributed by atoms with Crippen LogP contribution in [0, 0.1) is 5.92 Å². The van der Waals surface area contributed by atoms with Gasteiger partial charge < -0.3 is 19.5 Å². The standard InChI is InChI=1S/C26H32N2O5S/c1-31-20-8-4-2-6-18(20)24(30)23-19-7-3-5-9-21(19)34-25(23)27-22(29)16-28-12-10-17(11-13-28)26-32-14-15-33-26/h2,4,6,8,17,26H,3,5,7,9-16H2,1H3,(H,27,29). The van der Waals surface area contributed by atoms with Gasteiger partial charge in [-0.25, -0.2) is 0 Å². The zero-order valence-corrected chi connectivity index (χ0v) is 20.5. The third-order valence-electron chi connectivity index (χ3n) is 7.03. The van der Waals surface area contributed by atoms with E-state index in [9.17, 15) is 9.59 Å². The summed E-state index contributed by atoms with van der Waals surface area (Å²) in [6.45, 7) is 3.36. The third kappa shape index (κ3) is 4.91. The maximum Gasteiger partial charge on any atom is 0.239 e. The molecule has 1 aromatic heterocycles. The minimum absolute atomic E-state index is 0.0699. The number of carbonyl (C=O) groups excluding carboxylic acids is 2. The second-order valence-electron chi connectivity index (χ2n) is 9.22. The van der Waals surface area contributed by atoms with Crippen molar-refractivity contribution in [3.63, 3.8) is 0 Å². The molecule has 34 heavy (non-hydrogen) atoms. The number of piperidine rings is 1. The summed E-state index contributed by atoms with van der Waals surface area (Å²) in [6.07, 6.45) is 5.85. The van der Waals surface area contributed by atoms with Crippen LogP contribution in [0.15, 0.2) is 24.3 Å². The van der Waals surface area contributed by atoms with Crippen LogP contribution in [0.3, 0.4) is 0 Å². The lowest BCUT2D eigenvalue weighted by atomic mass is 9.91. The SMILES string of the molecule is COc1ccccc1C(=O)c1c(NC(=O)CN2CCC(C3OCCO3)CC2)sc2c1CCCC2. The molecule has 0 unspecified atom stereocenters. The van der Waals surface area contributed by atoms with Gasteiger partial charge >= 0.3 is 0 Å². The quantitative estimate of drug-likeness (QED) is 0.601. The Morgan fingerprint density at radius 3 is 2.62 bits per heavy atom. The third-order valence-corrected chi connectivity index (χ3v) is 8.24. The number of methoxy groups -OCH3 is 1. The van der Waals surface area contributed by atoms with Crippen LogP contribution in [0.25, 0.3) is 0 Å². The number of para-hydroxylation sites is 1. The van der Waals surface area contributed by atoms with E-state index < -0.39 is 0 Å². The fraction of sp³-hybridized carbons (Fsp3) is 0.538. The number of likely N-dealkylation sites (tertiary alicyclic amines) is 1. The fourth-order valence-corrected chi connectivity index (χ4v) is 6.57. The number of rotatable bonds is 7. The Labute approximate surface area is 204 Å². The van der Waals surface area contributed by atoms with Crippen molar-refractivity contribution < 1.29 is 23.8 Å². The predicted molar refractivity (Wildman–Crippen MR) is 131 cm³/mol. The van der Waals surface area contributed by atoms with Crippen LogP contribution < -0.4 is 10.1 Å². The molecule has 1 aliphatic carbocycles. The van der Waals surface area contributed by atoms with Gasteiger partial charge in [0.1, 0.15) is 10.8 Å². The first-order valence-electron chi connectivity index (χ1n) is 12.2. The number of thiophene rings is 1. The molecule has 1 N–H and O–H groups in total. The Morgan fingerprint density at radius 2 is 1.85 bits per heavy atom. The van der Waals surface area contributed by atoms with E-state index in [1.54, 1.807) is 30.6 Å². The van der Waals surface area contributed by atoms with Gasteiger partial charge in [0.05, 0.1) is 38.0 Å². The van der Waals surface area contributed by atoms with Crippen LogP contribution in [-0.4, -0.2) is 62.8 Å².